The van der Waals surface area contributed by atoms with Crippen LogP contribution < -0.4 is 0 Å². The van der Waals surface area contributed by atoms with Crippen molar-refractivity contribution in [1.29, 1.82) is 0 Å². The SMILES string of the molecule is Cc1ccccc1C(=O)CCC(=O)N1CCC(c2nccs2)CC1. The van der Waals surface area contributed by atoms with Gasteiger partial charge in [-0.25, -0.2) is 4.98 Å². The maximum Gasteiger partial charge on any atom is 0.223 e. The molecule has 1 aliphatic rings. The Balaban J connectivity index is 1.48. The summed E-state index contributed by atoms with van der Waals surface area (Å²) in [5, 5.41) is 3.18. The minimum atomic E-state index is 0.0547. The van der Waals surface area contributed by atoms with Gasteiger partial charge in [-0.15, -0.1) is 11.3 Å². The summed E-state index contributed by atoms with van der Waals surface area (Å²) in [6.45, 7) is 3.46. The molecule has 2 aromatic rings. The second-order valence-electron chi connectivity index (χ2n) is 6.26. The molecular formula is C19H22N2O2S. The molecule has 0 radical (unpaired) electrons. The summed E-state index contributed by atoms with van der Waals surface area (Å²) >= 11 is 1.69. The normalized spacial score (nSPS) is 15.5. The molecule has 0 bridgehead atoms. The van der Waals surface area contributed by atoms with Crippen LogP contribution in [0.5, 0.6) is 0 Å². The van der Waals surface area contributed by atoms with Gasteiger partial charge in [0.05, 0.1) is 5.01 Å². The predicted molar refractivity (Wildman–Crippen MR) is 95.4 cm³/mol. The molecule has 1 amide bonds. The number of carbonyl (C=O) groups excluding carboxylic acids is 2. The highest BCUT2D eigenvalue weighted by Gasteiger charge is 2.25. The summed E-state index contributed by atoms with van der Waals surface area (Å²) < 4.78 is 0. The lowest BCUT2D eigenvalue weighted by molar-refractivity contribution is -0.132. The van der Waals surface area contributed by atoms with Crippen LogP contribution in [0.15, 0.2) is 35.8 Å². The van der Waals surface area contributed by atoms with E-state index in [0.29, 0.717) is 12.3 Å². The molecule has 1 aromatic carbocycles. The van der Waals surface area contributed by atoms with Gasteiger partial charge in [0.25, 0.3) is 0 Å². The van der Waals surface area contributed by atoms with Crippen molar-refractivity contribution in [2.45, 2.75) is 38.5 Å². The highest BCUT2D eigenvalue weighted by atomic mass is 32.1. The van der Waals surface area contributed by atoms with Crippen LogP contribution >= 0.6 is 11.3 Å². The first-order valence-electron chi connectivity index (χ1n) is 8.41. The monoisotopic (exact) mass is 342 g/mol. The first kappa shape index (κ1) is 16.8. The van der Waals surface area contributed by atoms with Gasteiger partial charge in [-0.3, -0.25) is 9.59 Å². The molecule has 4 nitrogen and oxygen atoms in total. The van der Waals surface area contributed by atoms with E-state index in [1.54, 1.807) is 11.3 Å². The number of rotatable bonds is 5. The molecule has 0 N–H and O–H groups in total. The number of amides is 1. The van der Waals surface area contributed by atoms with Crippen LogP contribution in [0.1, 0.15) is 52.5 Å². The number of carbonyl (C=O) groups is 2. The van der Waals surface area contributed by atoms with Crippen LogP contribution in [-0.4, -0.2) is 34.7 Å². The van der Waals surface area contributed by atoms with Crippen LogP contribution in [-0.2, 0) is 4.79 Å². The van der Waals surface area contributed by atoms with Crippen molar-refractivity contribution in [2.24, 2.45) is 0 Å². The molecule has 1 fully saturated rings. The Morgan fingerprint density at radius 3 is 2.62 bits per heavy atom. The van der Waals surface area contributed by atoms with Crippen molar-refractivity contribution in [3.05, 3.63) is 52.0 Å². The molecule has 3 rings (SSSR count). The lowest BCUT2D eigenvalue weighted by Crippen LogP contribution is -2.38. The minimum Gasteiger partial charge on any atom is -0.343 e. The molecule has 1 aliphatic heterocycles. The Morgan fingerprint density at radius 2 is 1.96 bits per heavy atom. The Bertz CT molecular complexity index is 704. The van der Waals surface area contributed by atoms with Gasteiger partial charge in [0.2, 0.25) is 5.91 Å². The standard InChI is InChI=1S/C19H22N2O2S/c1-14-4-2-3-5-16(14)17(22)6-7-18(23)21-11-8-15(9-12-21)19-20-10-13-24-19/h2-5,10,13,15H,6-9,11-12H2,1H3. The van der Waals surface area contributed by atoms with E-state index in [1.165, 1.54) is 5.01 Å². The van der Waals surface area contributed by atoms with Gasteiger partial charge in [0, 0.05) is 49.0 Å². The lowest BCUT2D eigenvalue weighted by atomic mass is 9.96. The number of hydrogen-bond acceptors (Lipinski definition) is 4. The average molecular weight is 342 g/mol. The van der Waals surface area contributed by atoms with Gasteiger partial charge >= 0.3 is 0 Å². The van der Waals surface area contributed by atoms with Crippen LogP contribution in [0.2, 0.25) is 0 Å². The smallest absolute Gasteiger partial charge is 0.223 e. The molecule has 0 unspecified atom stereocenters. The van der Waals surface area contributed by atoms with Crippen LogP contribution in [0.25, 0.3) is 0 Å². The third-order valence-electron chi connectivity index (χ3n) is 4.66. The number of Topliss-reactive ketones (excluding diaryl/α,β-unsaturated/α-hetero) is 1. The summed E-state index contributed by atoms with van der Waals surface area (Å²) in [6.07, 6.45) is 4.36. The summed E-state index contributed by atoms with van der Waals surface area (Å²) in [5.74, 6) is 0.622. The second-order valence-corrected chi connectivity index (χ2v) is 7.19. The largest absolute Gasteiger partial charge is 0.343 e. The Hall–Kier alpha value is -2.01. The minimum absolute atomic E-state index is 0.0547. The summed E-state index contributed by atoms with van der Waals surface area (Å²) in [4.78, 5) is 30.9. The fraction of sp³-hybridized carbons (Fsp3) is 0.421. The third kappa shape index (κ3) is 3.90. The van der Waals surface area contributed by atoms with Crippen molar-refractivity contribution in [3.63, 3.8) is 0 Å². The van der Waals surface area contributed by atoms with E-state index in [1.807, 2.05) is 47.7 Å². The Kier molecular flexibility index (Phi) is 5.41. The number of ketones is 1. The number of piperidine rings is 1. The number of nitrogens with zero attached hydrogens (tertiary/aromatic N) is 2. The second kappa shape index (κ2) is 7.71. The summed E-state index contributed by atoms with van der Waals surface area (Å²) in [5.41, 5.74) is 1.70. The molecule has 0 spiro atoms. The maximum absolute atomic E-state index is 12.4. The summed E-state index contributed by atoms with van der Waals surface area (Å²) in [7, 11) is 0. The first-order valence-corrected chi connectivity index (χ1v) is 9.29. The van der Waals surface area contributed by atoms with E-state index < -0.39 is 0 Å². The number of likely N-dealkylation sites (tertiary alicyclic amines) is 1. The molecule has 1 aromatic heterocycles. The van der Waals surface area contributed by atoms with Crippen LogP contribution in [0.3, 0.4) is 0 Å². The zero-order valence-electron chi connectivity index (χ0n) is 13.9. The molecule has 1 saturated heterocycles. The quantitative estimate of drug-likeness (QED) is 0.776. The first-order chi connectivity index (χ1) is 11.6. The van der Waals surface area contributed by atoms with E-state index >= 15 is 0 Å². The van der Waals surface area contributed by atoms with Crippen molar-refractivity contribution in [3.8, 4) is 0 Å². The number of benzene rings is 1. The fourth-order valence-corrected chi connectivity index (χ4v) is 4.02. The topological polar surface area (TPSA) is 50.3 Å². The van der Waals surface area contributed by atoms with Crippen molar-refractivity contribution < 1.29 is 9.59 Å². The Morgan fingerprint density at radius 1 is 1.21 bits per heavy atom. The van der Waals surface area contributed by atoms with Crippen molar-refractivity contribution >= 4 is 23.0 Å². The molecular weight excluding hydrogens is 320 g/mol. The zero-order valence-corrected chi connectivity index (χ0v) is 14.7. The van der Waals surface area contributed by atoms with E-state index in [-0.39, 0.29) is 18.1 Å². The van der Waals surface area contributed by atoms with Crippen molar-refractivity contribution in [2.75, 3.05) is 13.1 Å². The molecule has 24 heavy (non-hydrogen) atoms. The van der Waals surface area contributed by atoms with Gasteiger partial charge in [-0.1, -0.05) is 24.3 Å². The van der Waals surface area contributed by atoms with Gasteiger partial charge < -0.3 is 4.90 Å². The Labute approximate surface area is 146 Å². The average Bonchev–Trinajstić information content (AvgIpc) is 3.14. The number of aromatic nitrogens is 1. The molecule has 0 atom stereocenters. The summed E-state index contributed by atoms with van der Waals surface area (Å²) in [6, 6.07) is 7.55. The predicted octanol–water partition coefficient (Wildman–Crippen LogP) is 3.82. The molecule has 5 heteroatoms. The number of hydrogen-bond donors (Lipinski definition) is 0. The van der Waals surface area contributed by atoms with E-state index in [9.17, 15) is 9.59 Å². The van der Waals surface area contributed by atoms with Crippen LogP contribution in [0.4, 0.5) is 0 Å². The van der Waals surface area contributed by atoms with Gasteiger partial charge in [-0.05, 0) is 25.3 Å². The van der Waals surface area contributed by atoms with E-state index in [0.717, 1.165) is 37.1 Å². The molecule has 2 heterocycles. The maximum atomic E-state index is 12.4. The van der Waals surface area contributed by atoms with Gasteiger partial charge in [0.1, 0.15) is 0 Å². The highest BCUT2D eigenvalue weighted by molar-refractivity contribution is 7.09. The zero-order chi connectivity index (χ0) is 16.9. The third-order valence-corrected chi connectivity index (χ3v) is 5.60. The highest BCUT2D eigenvalue weighted by Crippen LogP contribution is 2.29. The molecule has 0 aliphatic carbocycles. The lowest BCUT2D eigenvalue weighted by Gasteiger charge is -2.31. The van der Waals surface area contributed by atoms with Crippen molar-refractivity contribution in [1.82, 2.24) is 9.88 Å². The van der Waals surface area contributed by atoms with E-state index in [2.05, 4.69) is 4.98 Å². The van der Waals surface area contributed by atoms with Gasteiger partial charge in [0.15, 0.2) is 5.78 Å². The molecule has 126 valence electrons. The number of aryl methyl sites for hydroxylation is 1. The molecule has 0 saturated carbocycles. The van der Waals surface area contributed by atoms with E-state index in [4.69, 9.17) is 0 Å². The fourth-order valence-electron chi connectivity index (χ4n) is 3.21. The van der Waals surface area contributed by atoms with Crippen LogP contribution in [0, 0.1) is 6.92 Å². The van der Waals surface area contributed by atoms with Gasteiger partial charge in [-0.2, -0.15) is 0 Å². The number of thiazole rings is 1.